The second-order valence-corrected chi connectivity index (χ2v) is 6.66. The molecule has 0 bridgehead atoms. The van der Waals surface area contributed by atoms with Gasteiger partial charge in [-0.1, -0.05) is 53.6 Å². The highest BCUT2D eigenvalue weighted by atomic mass is 35.5. The number of amides is 2. The lowest BCUT2D eigenvalue weighted by Crippen LogP contribution is -2.49. The minimum atomic E-state index is -1.21. The third-order valence-corrected chi connectivity index (χ3v) is 4.15. The van der Waals surface area contributed by atoms with E-state index in [0.29, 0.717) is 10.6 Å². The molecule has 0 aliphatic carbocycles. The van der Waals surface area contributed by atoms with E-state index in [1.165, 1.54) is 0 Å². The molecule has 0 aliphatic rings. The number of hydrogen-bond donors (Lipinski definition) is 3. The molecule has 6 nitrogen and oxygen atoms in total. The minimum Gasteiger partial charge on any atom is -0.480 e. The van der Waals surface area contributed by atoms with E-state index in [-0.39, 0.29) is 25.3 Å². The molecule has 142 valence electrons. The van der Waals surface area contributed by atoms with Gasteiger partial charge >= 0.3 is 5.97 Å². The summed E-state index contributed by atoms with van der Waals surface area (Å²) in [4.78, 5) is 35.4. The van der Waals surface area contributed by atoms with Crippen LogP contribution in [0.5, 0.6) is 0 Å². The number of carbonyl (C=O) groups is 3. The maximum Gasteiger partial charge on any atom is 0.328 e. The SMILES string of the molecule is Cc1ccc(CC(=O)NC[C@H](NC(=O)Cc2ccc(Cl)cc2)C(=O)O)cc1. The molecule has 0 radical (unpaired) electrons. The molecule has 0 heterocycles. The smallest absolute Gasteiger partial charge is 0.328 e. The summed E-state index contributed by atoms with van der Waals surface area (Å²) in [5, 5.41) is 14.8. The molecule has 1 atom stereocenters. The van der Waals surface area contributed by atoms with Gasteiger partial charge < -0.3 is 15.7 Å². The number of carboxylic acid groups (broad SMARTS) is 1. The maximum atomic E-state index is 12.1. The number of rotatable bonds is 8. The van der Waals surface area contributed by atoms with Gasteiger partial charge in [-0.15, -0.1) is 0 Å². The first-order valence-corrected chi connectivity index (χ1v) is 8.80. The van der Waals surface area contributed by atoms with E-state index in [1.54, 1.807) is 24.3 Å². The van der Waals surface area contributed by atoms with Crippen LogP contribution in [0, 0.1) is 6.92 Å². The van der Waals surface area contributed by atoms with E-state index >= 15 is 0 Å². The zero-order valence-electron chi connectivity index (χ0n) is 14.9. The van der Waals surface area contributed by atoms with Gasteiger partial charge in [0.1, 0.15) is 6.04 Å². The molecular formula is C20H21ClN2O4. The first kappa shape index (κ1) is 20.5. The lowest BCUT2D eigenvalue weighted by atomic mass is 10.1. The van der Waals surface area contributed by atoms with E-state index in [1.807, 2.05) is 31.2 Å². The number of carboxylic acids is 1. The van der Waals surface area contributed by atoms with E-state index in [2.05, 4.69) is 10.6 Å². The van der Waals surface area contributed by atoms with Crippen LogP contribution in [0.1, 0.15) is 16.7 Å². The van der Waals surface area contributed by atoms with Crippen LogP contribution in [-0.4, -0.2) is 35.5 Å². The van der Waals surface area contributed by atoms with Crippen LogP contribution in [0.2, 0.25) is 5.02 Å². The van der Waals surface area contributed by atoms with Crippen LogP contribution in [0.4, 0.5) is 0 Å². The van der Waals surface area contributed by atoms with E-state index in [0.717, 1.165) is 11.1 Å². The molecule has 0 spiro atoms. The van der Waals surface area contributed by atoms with Gasteiger partial charge in [-0.2, -0.15) is 0 Å². The van der Waals surface area contributed by atoms with Crippen molar-refractivity contribution < 1.29 is 19.5 Å². The number of aryl methyl sites for hydroxylation is 1. The number of hydrogen-bond acceptors (Lipinski definition) is 3. The predicted octanol–water partition coefficient (Wildman–Crippen LogP) is 2.12. The normalized spacial score (nSPS) is 11.5. The molecule has 0 aromatic heterocycles. The van der Waals surface area contributed by atoms with Crippen molar-refractivity contribution in [1.82, 2.24) is 10.6 Å². The minimum absolute atomic E-state index is 0.0261. The molecule has 7 heteroatoms. The molecule has 2 amide bonds. The highest BCUT2D eigenvalue weighted by Crippen LogP contribution is 2.10. The van der Waals surface area contributed by atoms with Gasteiger partial charge in [0.05, 0.1) is 12.8 Å². The van der Waals surface area contributed by atoms with Gasteiger partial charge in [0.25, 0.3) is 0 Å². The van der Waals surface area contributed by atoms with Gasteiger partial charge in [-0.05, 0) is 30.2 Å². The number of halogens is 1. The molecule has 0 aliphatic heterocycles. The third kappa shape index (κ3) is 7.11. The molecular weight excluding hydrogens is 368 g/mol. The van der Waals surface area contributed by atoms with Crippen LogP contribution in [0.15, 0.2) is 48.5 Å². The van der Waals surface area contributed by atoms with Crippen molar-refractivity contribution in [2.75, 3.05) is 6.54 Å². The van der Waals surface area contributed by atoms with Gasteiger partial charge in [0.2, 0.25) is 11.8 Å². The van der Waals surface area contributed by atoms with Gasteiger partial charge in [-0.3, -0.25) is 9.59 Å². The summed E-state index contributed by atoms with van der Waals surface area (Å²) >= 11 is 5.79. The van der Waals surface area contributed by atoms with Crippen LogP contribution < -0.4 is 10.6 Å². The monoisotopic (exact) mass is 388 g/mol. The summed E-state index contributed by atoms with van der Waals surface area (Å²) in [7, 11) is 0. The molecule has 2 aromatic rings. The number of nitrogens with one attached hydrogen (secondary N) is 2. The lowest BCUT2D eigenvalue weighted by Gasteiger charge is -2.15. The molecule has 27 heavy (non-hydrogen) atoms. The highest BCUT2D eigenvalue weighted by molar-refractivity contribution is 6.30. The van der Waals surface area contributed by atoms with E-state index in [9.17, 15) is 19.5 Å². The number of carbonyl (C=O) groups excluding carboxylic acids is 2. The first-order chi connectivity index (χ1) is 12.8. The molecule has 0 fully saturated rings. The molecule has 3 N–H and O–H groups in total. The Morgan fingerprint density at radius 2 is 1.44 bits per heavy atom. The Bertz CT molecular complexity index is 804. The Balaban J connectivity index is 1.84. The van der Waals surface area contributed by atoms with Gasteiger partial charge in [0, 0.05) is 11.6 Å². The van der Waals surface area contributed by atoms with Crippen LogP contribution >= 0.6 is 11.6 Å². The summed E-state index contributed by atoms with van der Waals surface area (Å²) < 4.78 is 0. The summed E-state index contributed by atoms with van der Waals surface area (Å²) in [6, 6.07) is 13.0. The predicted molar refractivity (Wildman–Crippen MR) is 103 cm³/mol. The average molecular weight is 389 g/mol. The standard InChI is InChI=1S/C20H21ClN2O4/c1-13-2-4-14(5-3-13)10-18(24)22-12-17(20(26)27)23-19(25)11-15-6-8-16(21)9-7-15/h2-9,17H,10-12H2,1H3,(H,22,24)(H,23,25)(H,26,27)/t17-/m0/s1. The van der Waals surface area contributed by atoms with Crippen molar-refractivity contribution >= 4 is 29.4 Å². The fraction of sp³-hybridized carbons (Fsp3) is 0.250. The Labute approximate surface area is 162 Å². The molecule has 2 rings (SSSR count). The first-order valence-electron chi connectivity index (χ1n) is 8.42. The summed E-state index contributed by atoms with van der Waals surface area (Å²) in [5.74, 6) is -1.97. The topological polar surface area (TPSA) is 95.5 Å². The van der Waals surface area contributed by atoms with Crippen LogP contribution in [0.3, 0.4) is 0 Å². The summed E-state index contributed by atoms with van der Waals surface area (Å²) in [6.07, 6.45) is 0.170. The van der Waals surface area contributed by atoms with E-state index in [4.69, 9.17) is 11.6 Å². The zero-order valence-corrected chi connectivity index (χ0v) is 15.6. The quantitative estimate of drug-likeness (QED) is 0.645. The van der Waals surface area contributed by atoms with Crippen LogP contribution in [-0.2, 0) is 27.2 Å². The largest absolute Gasteiger partial charge is 0.480 e. The Morgan fingerprint density at radius 3 is 2.00 bits per heavy atom. The third-order valence-electron chi connectivity index (χ3n) is 3.90. The Kier molecular flexibility index (Phi) is 7.37. The zero-order chi connectivity index (χ0) is 19.8. The van der Waals surface area contributed by atoms with Crippen molar-refractivity contribution in [1.29, 1.82) is 0 Å². The molecule has 0 saturated carbocycles. The molecule has 0 saturated heterocycles. The van der Waals surface area contributed by atoms with Gasteiger partial charge in [-0.25, -0.2) is 4.79 Å². The average Bonchev–Trinajstić information content (AvgIpc) is 2.62. The Hall–Kier alpha value is -2.86. The second-order valence-electron chi connectivity index (χ2n) is 6.23. The Morgan fingerprint density at radius 1 is 0.926 bits per heavy atom. The highest BCUT2D eigenvalue weighted by Gasteiger charge is 2.20. The number of aliphatic carboxylic acids is 1. The summed E-state index contributed by atoms with van der Waals surface area (Å²) in [6.45, 7) is 1.76. The lowest BCUT2D eigenvalue weighted by molar-refractivity contribution is -0.141. The fourth-order valence-corrected chi connectivity index (χ4v) is 2.53. The number of benzene rings is 2. The maximum absolute atomic E-state index is 12.1. The molecule has 0 unspecified atom stereocenters. The second kappa shape index (κ2) is 9.73. The summed E-state index contributed by atoms with van der Waals surface area (Å²) in [5.41, 5.74) is 2.63. The molecule has 2 aromatic carbocycles. The van der Waals surface area contributed by atoms with Crippen molar-refractivity contribution in [2.24, 2.45) is 0 Å². The van der Waals surface area contributed by atoms with Crippen molar-refractivity contribution in [3.05, 3.63) is 70.2 Å². The van der Waals surface area contributed by atoms with E-state index < -0.39 is 17.9 Å². The van der Waals surface area contributed by atoms with Crippen molar-refractivity contribution in [2.45, 2.75) is 25.8 Å². The fourth-order valence-electron chi connectivity index (χ4n) is 2.40. The van der Waals surface area contributed by atoms with Crippen molar-refractivity contribution in [3.8, 4) is 0 Å². The van der Waals surface area contributed by atoms with Crippen molar-refractivity contribution in [3.63, 3.8) is 0 Å². The van der Waals surface area contributed by atoms with Crippen LogP contribution in [0.25, 0.3) is 0 Å². The van der Waals surface area contributed by atoms with Gasteiger partial charge in [0.15, 0.2) is 0 Å².